The average molecular weight is 402 g/mol. The molecule has 0 saturated heterocycles. The van der Waals surface area contributed by atoms with Crippen LogP contribution >= 0.6 is 0 Å². The molecule has 0 aromatic carbocycles. The molecule has 4 rings (SSSR count). The van der Waals surface area contributed by atoms with Gasteiger partial charge in [0.05, 0.1) is 17.7 Å². The summed E-state index contributed by atoms with van der Waals surface area (Å²) >= 11 is 0. The fourth-order valence-electron chi connectivity index (χ4n) is 7.68. The van der Waals surface area contributed by atoms with Crippen LogP contribution < -0.4 is 0 Å². The lowest BCUT2D eigenvalue weighted by Crippen LogP contribution is -2.51. The van der Waals surface area contributed by atoms with Gasteiger partial charge in [0.15, 0.2) is 0 Å². The number of aliphatic hydroxyl groups excluding tert-OH is 1. The molecule has 7 atom stereocenters. The van der Waals surface area contributed by atoms with Crippen LogP contribution in [0.15, 0.2) is 16.8 Å². The molecule has 0 aromatic rings. The van der Waals surface area contributed by atoms with Crippen molar-refractivity contribution in [1.82, 2.24) is 0 Å². The Balaban J connectivity index is 1.54. The molecule has 0 unspecified atom stereocenters. The third kappa shape index (κ3) is 3.40. The maximum absolute atomic E-state index is 11.9. The van der Waals surface area contributed by atoms with Gasteiger partial charge >= 0.3 is 5.97 Å². The van der Waals surface area contributed by atoms with Crippen molar-refractivity contribution in [2.24, 2.45) is 45.6 Å². The fourth-order valence-corrected chi connectivity index (χ4v) is 7.68. The van der Waals surface area contributed by atoms with Gasteiger partial charge in [-0.1, -0.05) is 44.5 Å². The standard InChI is InChI=1S/C25H39NO3/c1-15(2)23(28)29-26-16(3)20-8-9-21-19-7-6-17-14-18(27)10-12-24(17,4)22(19)11-13-25(20,21)5/h14-15,18-22,27H,6-13H2,1-5H3/b26-16+/t18-,19+,20-,21+,22+,24+,25-/m1/s1. The van der Waals surface area contributed by atoms with Gasteiger partial charge in [0.2, 0.25) is 0 Å². The normalized spacial score (nSPS) is 44.6. The molecule has 0 aromatic heterocycles. The van der Waals surface area contributed by atoms with E-state index in [-0.39, 0.29) is 28.8 Å². The van der Waals surface area contributed by atoms with Gasteiger partial charge in [0.25, 0.3) is 0 Å². The molecular formula is C25H39NO3. The third-order valence-electron chi connectivity index (χ3n) is 9.34. The van der Waals surface area contributed by atoms with Crippen LogP contribution in [-0.2, 0) is 9.63 Å². The fraction of sp³-hybridized carbons (Fsp3) is 0.840. The molecule has 0 heterocycles. The Morgan fingerprint density at radius 1 is 1.14 bits per heavy atom. The van der Waals surface area contributed by atoms with Gasteiger partial charge in [-0.3, -0.25) is 0 Å². The highest BCUT2D eigenvalue weighted by molar-refractivity contribution is 5.86. The predicted molar refractivity (Wildman–Crippen MR) is 115 cm³/mol. The molecule has 4 aliphatic carbocycles. The Labute approximate surface area is 176 Å². The summed E-state index contributed by atoms with van der Waals surface area (Å²) in [7, 11) is 0. The first-order chi connectivity index (χ1) is 13.7. The Morgan fingerprint density at radius 2 is 1.90 bits per heavy atom. The SMILES string of the molecule is C/C(=N\OC(=O)C(C)C)[C@H]1CC[C@H]2[C@@H]3CCC4=C[C@H](O)CC[C@]4(C)[C@H]3CC[C@]12C. The number of hydrogen-bond donors (Lipinski definition) is 1. The average Bonchev–Trinajstić information content (AvgIpc) is 3.03. The lowest BCUT2D eigenvalue weighted by atomic mass is 9.46. The zero-order valence-corrected chi connectivity index (χ0v) is 18.9. The second-order valence-electron chi connectivity index (χ2n) is 11.1. The maximum atomic E-state index is 11.9. The van der Waals surface area contributed by atoms with Crippen LogP contribution in [0.3, 0.4) is 0 Å². The van der Waals surface area contributed by atoms with E-state index in [1.165, 1.54) is 31.3 Å². The molecule has 3 saturated carbocycles. The maximum Gasteiger partial charge on any atom is 0.337 e. The predicted octanol–water partition coefficient (Wildman–Crippen LogP) is 5.50. The van der Waals surface area contributed by atoms with E-state index in [0.717, 1.165) is 49.1 Å². The number of aliphatic hydroxyl groups is 1. The number of hydrogen-bond acceptors (Lipinski definition) is 4. The van der Waals surface area contributed by atoms with Crippen LogP contribution in [0, 0.1) is 40.4 Å². The smallest absolute Gasteiger partial charge is 0.337 e. The van der Waals surface area contributed by atoms with Crippen LogP contribution in [0.2, 0.25) is 0 Å². The number of nitrogens with zero attached hydrogens (tertiary/aromatic N) is 1. The number of carbonyl (C=O) groups is 1. The van der Waals surface area contributed by atoms with Gasteiger partial charge in [0.1, 0.15) is 0 Å². The minimum absolute atomic E-state index is 0.145. The van der Waals surface area contributed by atoms with Crippen molar-refractivity contribution >= 4 is 11.7 Å². The van der Waals surface area contributed by atoms with E-state index in [9.17, 15) is 9.90 Å². The van der Waals surface area contributed by atoms with Gasteiger partial charge in [-0.2, -0.15) is 0 Å². The van der Waals surface area contributed by atoms with E-state index >= 15 is 0 Å². The summed E-state index contributed by atoms with van der Waals surface area (Å²) in [6.45, 7) is 10.7. The zero-order valence-electron chi connectivity index (χ0n) is 18.9. The van der Waals surface area contributed by atoms with Gasteiger partial charge in [0, 0.05) is 5.92 Å². The van der Waals surface area contributed by atoms with Gasteiger partial charge in [-0.25, -0.2) is 4.79 Å². The second kappa shape index (κ2) is 7.51. The highest BCUT2D eigenvalue weighted by Crippen LogP contribution is 2.66. The topological polar surface area (TPSA) is 58.9 Å². The Bertz CT molecular complexity index is 726. The summed E-state index contributed by atoms with van der Waals surface area (Å²) < 4.78 is 0. The molecule has 4 nitrogen and oxygen atoms in total. The second-order valence-corrected chi connectivity index (χ2v) is 11.1. The third-order valence-corrected chi connectivity index (χ3v) is 9.34. The van der Waals surface area contributed by atoms with Gasteiger partial charge in [-0.15, -0.1) is 0 Å². The Morgan fingerprint density at radius 3 is 2.62 bits per heavy atom. The van der Waals surface area contributed by atoms with Crippen molar-refractivity contribution in [2.75, 3.05) is 0 Å². The molecular weight excluding hydrogens is 362 g/mol. The number of carbonyl (C=O) groups excluding carboxylic acids is 1. The summed E-state index contributed by atoms with van der Waals surface area (Å²) in [4.78, 5) is 17.1. The first-order valence-corrected chi connectivity index (χ1v) is 11.8. The van der Waals surface area contributed by atoms with Crippen molar-refractivity contribution < 1.29 is 14.7 Å². The van der Waals surface area contributed by atoms with E-state index < -0.39 is 0 Å². The lowest BCUT2D eigenvalue weighted by Gasteiger charge is -2.58. The highest BCUT2D eigenvalue weighted by atomic mass is 16.7. The summed E-state index contributed by atoms with van der Waals surface area (Å²) in [6, 6.07) is 0. The largest absolute Gasteiger partial charge is 0.389 e. The minimum Gasteiger partial charge on any atom is -0.389 e. The summed E-state index contributed by atoms with van der Waals surface area (Å²) in [5, 5.41) is 14.4. The first kappa shape index (κ1) is 21.1. The number of allylic oxidation sites excluding steroid dienone is 1. The van der Waals surface area contributed by atoms with Crippen LogP contribution in [0.25, 0.3) is 0 Å². The molecule has 4 heteroatoms. The molecule has 4 aliphatic rings. The minimum atomic E-state index is -0.244. The summed E-state index contributed by atoms with van der Waals surface area (Å²) in [5.74, 6) is 2.30. The summed E-state index contributed by atoms with van der Waals surface area (Å²) in [5.41, 5.74) is 3.10. The zero-order chi connectivity index (χ0) is 21.0. The van der Waals surface area contributed by atoms with Crippen molar-refractivity contribution in [3.8, 4) is 0 Å². The van der Waals surface area contributed by atoms with E-state index in [1.807, 2.05) is 13.8 Å². The Hall–Kier alpha value is -1.16. The molecule has 0 spiro atoms. The molecule has 3 fully saturated rings. The molecule has 0 radical (unpaired) electrons. The molecule has 162 valence electrons. The van der Waals surface area contributed by atoms with Crippen LogP contribution in [0.5, 0.6) is 0 Å². The van der Waals surface area contributed by atoms with Crippen LogP contribution in [0.1, 0.15) is 86.0 Å². The van der Waals surface area contributed by atoms with Crippen molar-refractivity contribution in [3.05, 3.63) is 11.6 Å². The Kier molecular flexibility index (Phi) is 5.46. The molecule has 0 aliphatic heterocycles. The van der Waals surface area contributed by atoms with E-state index in [1.54, 1.807) is 0 Å². The number of rotatable bonds is 3. The van der Waals surface area contributed by atoms with Crippen LogP contribution in [-0.4, -0.2) is 22.9 Å². The van der Waals surface area contributed by atoms with Gasteiger partial charge < -0.3 is 9.94 Å². The van der Waals surface area contributed by atoms with Crippen molar-refractivity contribution in [2.45, 2.75) is 92.1 Å². The molecule has 1 N–H and O–H groups in total. The first-order valence-electron chi connectivity index (χ1n) is 11.8. The van der Waals surface area contributed by atoms with Gasteiger partial charge in [-0.05, 0) is 86.9 Å². The van der Waals surface area contributed by atoms with Crippen molar-refractivity contribution in [1.29, 1.82) is 0 Å². The monoisotopic (exact) mass is 401 g/mol. The lowest BCUT2D eigenvalue weighted by molar-refractivity contribution is -0.147. The molecule has 29 heavy (non-hydrogen) atoms. The van der Waals surface area contributed by atoms with Crippen molar-refractivity contribution in [3.63, 3.8) is 0 Å². The van der Waals surface area contributed by atoms with E-state index in [0.29, 0.717) is 5.92 Å². The van der Waals surface area contributed by atoms with Crippen LogP contribution in [0.4, 0.5) is 0 Å². The number of fused-ring (bicyclic) bond motifs is 5. The van der Waals surface area contributed by atoms with E-state index in [4.69, 9.17) is 4.84 Å². The number of oxime groups is 1. The highest BCUT2D eigenvalue weighted by Gasteiger charge is 2.59. The van der Waals surface area contributed by atoms with E-state index in [2.05, 4.69) is 32.0 Å². The molecule has 0 bridgehead atoms. The summed E-state index contributed by atoms with van der Waals surface area (Å²) in [6.07, 6.45) is 11.4. The molecule has 0 amide bonds. The quantitative estimate of drug-likeness (QED) is 0.294.